The van der Waals surface area contributed by atoms with Gasteiger partial charge in [-0.3, -0.25) is 19.2 Å². The lowest BCUT2D eigenvalue weighted by Crippen LogP contribution is -2.65. The number of ketones is 3. The summed E-state index contributed by atoms with van der Waals surface area (Å²) in [5.41, 5.74) is 1.17. The largest absolute Gasteiger partial charge is 0.460 e. The van der Waals surface area contributed by atoms with Gasteiger partial charge in [0.1, 0.15) is 30.1 Å². The second-order valence-corrected chi connectivity index (χ2v) is 21.1. The van der Waals surface area contributed by atoms with Crippen LogP contribution in [0.5, 0.6) is 0 Å². The lowest BCUT2D eigenvalue weighted by atomic mass is 9.68. The molecule has 16 nitrogen and oxygen atoms in total. The number of nitrogens with zero attached hydrogens (tertiary/aromatic N) is 1. The van der Waals surface area contributed by atoms with E-state index in [0.717, 1.165) is 5.57 Å². The number of amides is 1. The van der Waals surface area contributed by atoms with Crippen molar-refractivity contribution in [2.24, 2.45) is 41.4 Å². The first-order valence-electron chi connectivity index (χ1n) is 26.3. The molecule has 4 fully saturated rings. The summed E-state index contributed by atoms with van der Waals surface area (Å²) in [6, 6.07) is -1.23. The Morgan fingerprint density at radius 3 is 2.29 bits per heavy atom. The number of hydrogen-bond acceptors (Lipinski definition) is 15. The van der Waals surface area contributed by atoms with E-state index in [4.69, 9.17) is 37.9 Å². The summed E-state index contributed by atoms with van der Waals surface area (Å²) in [6.07, 6.45) is 8.45. The van der Waals surface area contributed by atoms with Crippen LogP contribution in [-0.2, 0) is 61.9 Å². The lowest BCUT2D eigenvalue weighted by molar-refractivity contribution is -0.266. The van der Waals surface area contributed by atoms with Gasteiger partial charge in [-0.25, -0.2) is 4.79 Å². The van der Waals surface area contributed by atoms with Crippen molar-refractivity contribution in [3.63, 3.8) is 0 Å². The van der Waals surface area contributed by atoms with Crippen LogP contribution in [0.4, 0.5) is 8.78 Å². The molecular formula is C55H83F2NO15. The average Bonchev–Trinajstić information content (AvgIpc) is 3.35. The van der Waals surface area contributed by atoms with Gasteiger partial charge in [0, 0.05) is 64.4 Å². The topological polar surface area (TPSA) is 203 Å². The van der Waals surface area contributed by atoms with Crippen LogP contribution in [0, 0.1) is 41.4 Å². The van der Waals surface area contributed by atoms with E-state index >= 15 is 0 Å². The Morgan fingerprint density at radius 2 is 1.59 bits per heavy atom. The van der Waals surface area contributed by atoms with Crippen LogP contribution < -0.4 is 0 Å². The molecule has 4 heterocycles. The van der Waals surface area contributed by atoms with Crippen molar-refractivity contribution in [2.75, 3.05) is 54.3 Å². The molecule has 16 atom stereocenters. The van der Waals surface area contributed by atoms with Crippen molar-refractivity contribution >= 4 is 29.2 Å². The molecule has 2 N–H and O–H groups in total. The van der Waals surface area contributed by atoms with Gasteiger partial charge in [-0.15, -0.1) is 0 Å². The van der Waals surface area contributed by atoms with Crippen molar-refractivity contribution in [1.82, 2.24) is 4.90 Å². The number of hydrogen-bond donors (Lipinski definition) is 2. The number of piperidine rings is 1. The molecule has 4 aliphatic heterocycles. The molecule has 5 aliphatic rings. The maximum Gasteiger partial charge on any atom is 0.345 e. The number of fused-ring (bicyclic) bond motifs is 4. The molecule has 0 aromatic rings. The van der Waals surface area contributed by atoms with Gasteiger partial charge >= 0.3 is 12.6 Å². The Kier molecular flexibility index (Phi) is 23.5. The second kappa shape index (κ2) is 28.5. The van der Waals surface area contributed by atoms with E-state index in [1.807, 2.05) is 44.2 Å². The normalized spacial score (nSPS) is 39.4. The van der Waals surface area contributed by atoms with Crippen LogP contribution in [0.15, 0.2) is 47.6 Å². The van der Waals surface area contributed by atoms with E-state index in [1.54, 1.807) is 40.9 Å². The molecule has 0 aromatic heterocycles. The smallest absolute Gasteiger partial charge is 0.345 e. The molecule has 1 aliphatic carbocycles. The third kappa shape index (κ3) is 16.0. The number of carbonyl (C=O) groups is 5. The number of Topliss-reactive ketones (excluding diaryl/α,β-unsaturated/α-hetero) is 3. The van der Waals surface area contributed by atoms with Crippen LogP contribution in [0.25, 0.3) is 0 Å². The van der Waals surface area contributed by atoms with Crippen molar-refractivity contribution in [3.8, 4) is 0 Å². The number of esters is 1. The lowest BCUT2D eigenvalue weighted by Gasteiger charge is -2.50. The van der Waals surface area contributed by atoms with E-state index in [9.17, 15) is 43.0 Å². The highest BCUT2D eigenvalue weighted by molar-refractivity contribution is 6.39. The van der Waals surface area contributed by atoms with Crippen LogP contribution in [-0.4, -0.2) is 160 Å². The molecule has 5 rings (SSSR count). The van der Waals surface area contributed by atoms with Crippen LogP contribution in [0.3, 0.4) is 0 Å². The van der Waals surface area contributed by atoms with Gasteiger partial charge in [-0.2, -0.15) is 8.78 Å². The molecule has 412 valence electrons. The minimum atomic E-state index is -2.98. The first-order valence-corrected chi connectivity index (χ1v) is 26.3. The summed E-state index contributed by atoms with van der Waals surface area (Å²) < 4.78 is 72.4. The van der Waals surface area contributed by atoms with Crippen molar-refractivity contribution in [1.29, 1.82) is 0 Å². The molecule has 1 amide bonds. The number of halogens is 2. The van der Waals surface area contributed by atoms with Gasteiger partial charge in [0.15, 0.2) is 5.78 Å². The first-order chi connectivity index (χ1) is 34.7. The Morgan fingerprint density at radius 1 is 0.849 bits per heavy atom. The second-order valence-electron chi connectivity index (χ2n) is 21.1. The maximum atomic E-state index is 14.6. The highest BCUT2D eigenvalue weighted by atomic mass is 19.3. The summed E-state index contributed by atoms with van der Waals surface area (Å²) in [5.74, 6) is -9.50. The summed E-state index contributed by atoms with van der Waals surface area (Å²) >= 11 is 0. The van der Waals surface area contributed by atoms with E-state index in [2.05, 4.69) is 0 Å². The zero-order valence-electron chi connectivity index (χ0n) is 44.4. The predicted molar refractivity (Wildman–Crippen MR) is 265 cm³/mol. The molecular weight excluding hydrogens is 953 g/mol. The van der Waals surface area contributed by atoms with Crippen molar-refractivity contribution < 1.29 is 80.9 Å². The SMILES string of the molecule is COCCOCCO[C@H]1C[C@@H]2CC[C@@H](C)[C@@](O)(O2)C(=O)C(=O)N2CCC[C@@H]3C(C[C@@H]4CC[C@@H](OC(F)F)[C@H](OC)C4)[C@H](CC(=O)[C@H](C)/C=C(\C)[C@@H](O)[C@@H](OC)C(=O)[C@H](C)C[C@H](C)/C=C/C=C/C=C/1C)OC(=O)C32. The predicted octanol–water partition coefficient (Wildman–Crippen LogP) is 6.68. The summed E-state index contributed by atoms with van der Waals surface area (Å²) in [5, 5.41) is 23.7. The zero-order valence-corrected chi connectivity index (χ0v) is 44.4. The fourth-order valence-electron chi connectivity index (χ4n) is 11.6. The van der Waals surface area contributed by atoms with E-state index in [0.29, 0.717) is 70.2 Å². The molecule has 4 bridgehead atoms. The average molecular weight is 1040 g/mol. The highest BCUT2D eigenvalue weighted by Gasteiger charge is 2.57. The van der Waals surface area contributed by atoms with E-state index in [-0.39, 0.29) is 62.4 Å². The molecule has 2 unspecified atom stereocenters. The van der Waals surface area contributed by atoms with Crippen molar-refractivity contribution in [2.45, 2.75) is 173 Å². The number of methoxy groups -OCH3 is 3. The van der Waals surface area contributed by atoms with Gasteiger partial charge in [0.05, 0.1) is 50.8 Å². The summed E-state index contributed by atoms with van der Waals surface area (Å²) in [7, 11) is 4.38. The molecule has 18 heteroatoms. The Hall–Kier alpha value is -3.59. The molecule has 73 heavy (non-hydrogen) atoms. The fourth-order valence-corrected chi connectivity index (χ4v) is 11.6. The molecule has 0 radical (unpaired) electrons. The van der Waals surface area contributed by atoms with Gasteiger partial charge in [-0.05, 0) is 101 Å². The molecule has 0 aromatic carbocycles. The monoisotopic (exact) mass is 1040 g/mol. The standard InChI is InChI=1S/C55H83F2NO15/c1-32-14-11-10-12-15-33(2)44(70-25-24-69-23-22-66-7)30-39-19-17-37(6)55(65,73-39)51(62)52(63)58-21-13-16-40-41(28-38-18-20-43(72-54(56)57)46(29-38)67-8)45(71-53(64)47(40)58)31-42(59)34(3)27-36(5)49(61)50(68-9)48(60)35(4)26-32/h10-12,14-15,27,32,34-35,37-41,43-47,49-50,54,61,65H,13,16-26,28-31H2,1-9H3/b12-10+,14-11+,33-15+,36-27+/t32-,34-,35-,37-,38+,39+,40-,41?,43-,44+,45+,46-,47?,49-,50+,55-/m1/s1. The maximum absolute atomic E-state index is 14.6. The van der Waals surface area contributed by atoms with Gasteiger partial charge in [0.2, 0.25) is 5.79 Å². The molecule has 1 saturated carbocycles. The first kappa shape index (κ1) is 60.3. The third-order valence-corrected chi connectivity index (χ3v) is 15.9. The van der Waals surface area contributed by atoms with E-state index < -0.39 is 108 Å². The van der Waals surface area contributed by atoms with Crippen molar-refractivity contribution in [3.05, 3.63) is 47.6 Å². The van der Waals surface area contributed by atoms with Gasteiger partial charge < -0.3 is 53.0 Å². The Bertz CT molecular complexity index is 1980. The Balaban J connectivity index is 1.51. The minimum absolute atomic E-state index is 0.0219. The zero-order chi connectivity index (χ0) is 53.6. The number of alkyl halides is 2. The van der Waals surface area contributed by atoms with Gasteiger partial charge in [0.25, 0.3) is 11.7 Å². The molecule has 3 saturated heterocycles. The molecule has 0 spiro atoms. The summed E-state index contributed by atoms with van der Waals surface area (Å²) in [6.45, 7) is 8.96. The van der Waals surface area contributed by atoms with Crippen LogP contribution >= 0.6 is 0 Å². The van der Waals surface area contributed by atoms with Crippen LogP contribution in [0.1, 0.15) is 112 Å². The fraction of sp³-hybridized carbons (Fsp3) is 0.764. The van der Waals surface area contributed by atoms with E-state index in [1.165, 1.54) is 19.1 Å². The number of ether oxygens (including phenoxy) is 8. The quantitative estimate of drug-likeness (QED) is 0.0855. The number of rotatable bonds is 13. The number of aliphatic hydroxyl groups is 2. The van der Waals surface area contributed by atoms with Crippen LogP contribution in [0.2, 0.25) is 0 Å². The number of carbonyl (C=O) groups excluding carboxylic acids is 5. The van der Waals surface area contributed by atoms with Gasteiger partial charge in [-0.1, -0.05) is 64.2 Å². The summed E-state index contributed by atoms with van der Waals surface area (Å²) in [4.78, 5) is 72.8. The highest BCUT2D eigenvalue weighted by Crippen LogP contribution is 2.46. The number of allylic oxidation sites excluding steroid dienone is 6. The minimum Gasteiger partial charge on any atom is -0.460 e. The Labute approximate surface area is 430 Å². The third-order valence-electron chi connectivity index (χ3n) is 15.9. The number of aliphatic hydroxyl groups excluding tert-OH is 1.